The molecule has 0 radical (unpaired) electrons. The summed E-state index contributed by atoms with van der Waals surface area (Å²) in [6.07, 6.45) is 3.76. The van der Waals surface area contributed by atoms with Crippen LogP contribution in [-0.2, 0) is 6.54 Å². The first-order valence-corrected chi connectivity index (χ1v) is 5.45. The maximum atomic E-state index is 5.72. The molecule has 4 heteroatoms. The first-order valence-electron chi connectivity index (χ1n) is 5.45. The first-order chi connectivity index (χ1) is 7.03. The van der Waals surface area contributed by atoms with Crippen LogP contribution < -0.4 is 10.1 Å². The molecule has 0 amide bonds. The molecule has 1 N–H and O–H groups in total. The SMILES string of the molecule is CC(C)(C)Oc1cnn(CC2CNC2)c1. The van der Waals surface area contributed by atoms with Crippen molar-refractivity contribution < 1.29 is 4.74 Å². The van der Waals surface area contributed by atoms with Gasteiger partial charge in [0, 0.05) is 25.6 Å². The third-order valence-corrected chi connectivity index (χ3v) is 2.34. The third kappa shape index (κ3) is 2.96. The second-order valence-corrected chi connectivity index (χ2v) is 5.14. The minimum absolute atomic E-state index is 0.147. The molecule has 84 valence electrons. The number of hydrogen-bond donors (Lipinski definition) is 1. The lowest BCUT2D eigenvalue weighted by molar-refractivity contribution is 0.130. The molecule has 2 heterocycles. The van der Waals surface area contributed by atoms with Crippen molar-refractivity contribution >= 4 is 0 Å². The van der Waals surface area contributed by atoms with Gasteiger partial charge in [-0.2, -0.15) is 5.10 Å². The molecule has 1 aromatic rings. The molecule has 4 nitrogen and oxygen atoms in total. The standard InChI is InChI=1S/C11H19N3O/c1-11(2,3)15-10-6-13-14(8-10)7-9-4-12-5-9/h6,8-9,12H,4-5,7H2,1-3H3. The number of rotatable bonds is 3. The van der Waals surface area contributed by atoms with E-state index >= 15 is 0 Å². The van der Waals surface area contributed by atoms with Crippen molar-refractivity contribution in [2.45, 2.75) is 32.9 Å². The first kappa shape index (κ1) is 10.5. The molecular weight excluding hydrogens is 190 g/mol. The smallest absolute Gasteiger partial charge is 0.157 e. The van der Waals surface area contributed by atoms with Crippen LogP contribution in [0.25, 0.3) is 0 Å². The molecule has 1 aliphatic heterocycles. The summed E-state index contributed by atoms with van der Waals surface area (Å²) in [4.78, 5) is 0. The highest BCUT2D eigenvalue weighted by Gasteiger charge is 2.18. The monoisotopic (exact) mass is 209 g/mol. The average Bonchev–Trinajstić information content (AvgIpc) is 2.42. The number of nitrogens with one attached hydrogen (secondary N) is 1. The molecule has 2 rings (SSSR count). The van der Waals surface area contributed by atoms with E-state index in [1.807, 2.05) is 31.6 Å². The van der Waals surface area contributed by atoms with Crippen LogP contribution in [0.2, 0.25) is 0 Å². The molecule has 0 atom stereocenters. The Bertz CT molecular complexity index is 323. The predicted octanol–water partition coefficient (Wildman–Crippen LogP) is 1.28. The number of nitrogens with zero attached hydrogens (tertiary/aromatic N) is 2. The number of ether oxygens (including phenoxy) is 1. The quantitative estimate of drug-likeness (QED) is 0.815. The summed E-state index contributed by atoms with van der Waals surface area (Å²) in [5.74, 6) is 1.59. The predicted molar refractivity (Wildman–Crippen MR) is 59.0 cm³/mol. The minimum atomic E-state index is -0.147. The fraction of sp³-hybridized carbons (Fsp3) is 0.727. The Morgan fingerprint density at radius 3 is 2.80 bits per heavy atom. The van der Waals surface area contributed by atoms with Crippen molar-refractivity contribution in [3.05, 3.63) is 12.4 Å². The van der Waals surface area contributed by atoms with Crippen molar-refractivity contribution in [3.63, 3.8) is 0 Å². The topological polar surface area (TPSA) is 39.1 Å². The fourth-order valence-electron chi connectivity index (χ4n) is 1.59. The van der Waals surface area contributed by atoms with Gasteiger partial charge >= 0.3 is 0 Å². The Kier molecular flexibility index (Phi) is 2.69. The summed E-state index contributed by atoms with van der Waals surface area (Å²) in [7, 11) is 0. The molecule has 0 aromatic carbocycles. The highest BCUT2D eigenvalue weighted by molar-refractivity contribution is 5.13. The maximum Gasteiger partial charge on any atom is 0.157 e. The molecule has 1 aromatic heterocycles. The highest BCUT2D eigenvalue weighted by Crippen LogP contribution is 2.17. The van der Waals surface area contributed by atoms with Gasteiger partial charge in [0.1, 0.15) is 5.60 Å². The van der Waals surface area contributed by atoms with Crippen LogP contribution >= 0.6 is 0 Å². The van der Waals surface area contributed by atoms with Gasteiger partial charge in [0.2, 0.25) is 0 Å². The van der Waals surface area contributed by atoms with Crippen LogP contribution in [-0.4, -0.2) is 28.5 Å². The van der Waals surface area contributed by atoms with E-state index in [0.29, 0.717) is 0 Å². The second kappa shape index (κ2) is 3.85. The largest absolute Gasteiger partial charge is 0.485 e. The summed E-state index contributed by atoms with van der Waals surface area (Å²) in [6.45, 7) is 9.33. The summed E-state index contributed by atoms with van der Waals surface area (Å²) < 4.78 is 7.68. The van der Waals surface area contributed by atoms with Gasteiger partial charge in [0.05, 0.1) is 12.4 Å². The fourth-order valence-corrected chi connectivity index (χ4v) is 1.59. The van der Waals surface area contributed by atoms with Gasteiger partial charge in [-0.15, -0.1) is 0 Å². The second-order valence-electron chi connectivity index (χ2n) is 5.14. The molecule has 0 spiro atoms. The zero-order valence-electron chi connectivity index (χ0n) is 9.66. The van der Waals surface area contributed by atoms with Crippen molar-refractivity contribution in [3.8, 4) is 5.75 Å². The molecule has 0 bridgehead atoms. The van der Waals surface area contributed by atoms with E-state index in [2.05, 4.69) is 10.4 Å². The van der Waals surface area contributed by atoms with E-state index < -0.39 is 0 Å². The molecule has 0 unspecified atom stereocenters. The molecule has 0 aliphatic carbocycles. The molecule has 1 fully saturated rings. The zero-order valence-corrected chi connectivity index (χ0v) is 9.66. The van der Waals surface area contributed by atoms with Crippen LogP contribution in [0.15, 0.2) is 12.4 Å². The van der Waals surface area contributed by atoms with Crippen LogP contribution in [0, 0.1) is 5.92 Å². The third-order valence-electron chi connectivity index (χ3n) is 2.34. The van der Waals surface area contributed by atoms with Crippen molar-refractivity contribution in [2.24, 2.45) is 5.92 Å². The summed E-state index contributed by atoms with van der Waals surface area (Å²) in [5.41, 5.74) is -0.147. The minimum Gasteiger partial charge on any atom is -0.485 e. The average molecular weight is 209 g/mol. The van der Waals surface area contributed by atoms with Gasteiger partial charge in [-0.3, -0.25) is 4.68 Å². The highest BCUT2D eigenvalue weighted by atomic mass is 16.5. The van der Waals surface area contributed by atoms with E-state index in [1.54, 1.807) is 6.20 Å². The molecule has 15 heavy (non-hydrogen) atoms. The Labute approximate surface area is 90.6 Å². The lowest BCUT2D eigenvalue weighted by atomic mass is 10.0. The van der Waals surface area contributed by atoms with E-state index in [9.17, 15) is 0 Å². The van der Waals surface area contributed by atoms with E-state index in [0.717, 1.165) is 31.3 Å². The summed E-state index contributed by atoms with van der Waals surface area (Å²) >= 11 is 0. The van der Waals surface area contributed by atoms with E-state index in [-0.39, 0.29) is 5.60 Å². The van der Waals surface area contributed by atoms with Crippen molar-refractivity contribution in [1.82, 2.24) is 15.1 Å². The molecule has 1 saturated heterocycles. The number of aromatic nitrogens is 2. The van der Waals surface area contributed by atoms with E-state index in [1.165, 1.54) is 0 Å². The van der Waals surface area contributed by atoms with Crippen LogP contribution in [0.4, 0.5) is 0 Å². The lowest BCUT2D eigenvalue weighted by Crippen LogP contribution is -2.44. The van der Waals surface area contributed by atoms with Crippen molar-refractivity contribution in [2.75, 3.05) is 13.1 Å². The van der Waals surface area contributed by atoms with Gasteiger partial charge < -0.3 is 10.1 Å². The van der Waals surface area contributed by atoms with Gasteiger partial charge in [0.25, 0.3) is 0 Å². The Morgan fingerprint density at radius 2 is 2.27 bits per heavy atom. The summed E-state index contributed by atoms with van der Waals surface area (Å²) in [5, 5.41) is 7.54. The Morgan fingerprint density at radius 1 is 1.53 bits per heavy atom. The maximum absolute atomic E-state index is 5.72. The molecule has 1 aliphatic rings. The zero-order chi connectivity index (χ0) is 10.9. The molecule has 0 saturated carbocycles. The van der Waals surface area contributed by atoms with Gasteiger partial charge in [-0.05, 0) is 20.8 Å². The van der Waals surface area contributed by atoms with Crippen LogP contribution in [0.1, 0.15) is 20.8 Å². The van der Waals surface area contributed by atoms with Crippen molar-refractivity contribution in [1.29, 1.82) is 0 Å². The summed E-state index contributed by atoms with van der Waals surface area (Å²) in [6, 6.07) is 0. The van der Waals surface area contributed by atoms with Crippen LogP contribution in [0.3, 0.4) is 0 Å². The normalized spacial score (nSPS) is 17.5. The van der Waals surface area contributed by atoms with Gasteiger partial charge in [0.15, 0.2) is 5.75 Å². The van der Waals surface area contributed by atoms with Gasteiger partial charge in [-0.25, -0.2) is 0 Å². The Balaban J connectivity index is 1.91. The van der Waals surface area contributed by atoms with E-state index in [4.69, 9.17) is 4.74 Å². The Hall–Kier alpha value is -1.03. The number of hydrogen-bond acceptors (Lipinski definition) is 3. The van der Waals surface area contributed by atoms with Gasteiger partial charge in [-0.1, -0.05) is 0 Å². The van der Waals surface area contributed by atoms with Crippen LogP contribution in [0.5, 0.6) is 5.75 Å². The molecular formula is C11H19N3O. The lowest BCUT2D eigenvalue weighted by Gasteiger charge is -2.26.